The summed E-state index contributed by atoms with van der Waals surface area (Å²) in [5.74, 6) is 0.561. The number of ether oxygens (including phenoxy) is 1. The smallest absolute Gasteiger partial charge is 0.224 e. The molecule has 1 aliphatic rings. The van der Waals surface area contributed by atoms with Crippen molar-refractivity contribution in [2.75, 3.05) is 25.0 Å². The molecule has 4 heteroatoms. The lowest BCUT2D eigenvalue weighted by molar-refractivity contribution is -0.117. The Morgan fingerprint density at radius 2 is 2.30 bits per heavy atom. The molecule has 1 fully saturated rings. The van der Waals surface area contributed by atoms with E-state index < -0.39 is 0 Å². The molecule has 0 saturated carbocycles. The number of hydrogen-bond acceptors (Lipinski definition) is 3. The molecule has 1 aromatic rings. The molecule has 2 N–H and O–H groups in total. The van der Waals surface area contributed by atoms with Gasteiger partial charge in [-0.05, 0) is 44.8 Å². The van der Waals surface area contributed by atoms with E-state index in [-0.39, 0.29) is 5.91 Å². The van der Waals surface area contributed by atoms with Gasteiger partial charge in [-0.15, -0.1) is 0 Å². The number of piperidine rings is 1. The first-order valence-corrected chi connectivity index (χ1v) is 7.45. The molecule has 4 nitrogen and oxygen atoms in total. The van der Waals surface area contributed by atoms with Crippen molar-refractivity contribution in [1.29, 1.82) is 0 Å². The van der Waals surface area contributed by atoms with Crippen molar-refractivity contribution in [3.8, 4) is 0 Å². The SMILES string of the molecule is CCOCc1ccccc1NC(=O)CC1CCCNC1. The van der Waals surface area contributed by atoms with Crippen LogP contribution in [0.25, 0.3) is 0 Å². The molecule has 0 spiro atoms. The Morgan fingerprint density at radius 1 is 1.45 bits per heavy atom. The van der Waals surface area contributed by atoms with Gasteiger partial charge in [0, 0.05) is 24.3 Å². The summed E-state index contributed by atoms with van der Waals surface area (Å²) in [6, 6.07) is 7.83. The van der Waals surface area contributed by atoms with E-state index in [2.05, 4.69) is 10.6 Å². The normalized spacial score (nSPS) is 18.8. The summed E-state index contributed by atoms with van der Waals surface area (Å²) in [6.45, 7) is 5.22. The van der Waals surface area contributed by atoms with Gasteiger partial charge in [-0.3, -0.25) is 4.79 Å². The highest BCUT2D eigenvalue weighted by molar-refractivity contribution is 5.91. The number of anilines is 1. The molecule has 1 aliphatic heterocycles. The average Bonchev–Trinajstić information content (AvgIpc) is 2.47. The van der Waals surface area contributed by atoms with Crippen molar-refractivity contribution in [2.24, 2.45) is 5.92 Å². The topological polar surface area (TPSA) is 50.4 Å². The summed E-state index contributed by atoms with van der Waals surface area (Å²) in [4.78, 5) is 12.1. The van der Waals surface area contributed by atoms with Crippen molar-refractivity contribution >= 4 is 11.6 Å². The van der Waals surface area contributed by atoms with Gasteiger partial charge in [0.15, 0.2) is 0 Å². The summed E-state index contributed by atoms with van der Waals surface area (Å²) in [5.41, 5.74) is 1.90. The second-order valence-corrected chi connectivity index (χ2v) is 5.26. The second kappa shape index (κ2) is 8.02. The van der Waals surface area contributed by atoms with Gasteiger partial charge in [-0.2, -0.15) is 0 Å². The molecule has 0 aromatic heterocycles. The Balaban J connectivity index is 1.89. The fourth-order valence-corrected chi connectivity index (χ4v) is 2.54. The van der Waals surface area contributed by atoms with Gasteiger partial charge in [-0.1, -0.05) is 18.2 Å². The van der Waals surface area contributed by atoms with Crippen LogP contribution in [0.4, 0.5) is 5.69 Å². The molecule has 2 rings (SSSR count). The molecular formula is C16H24N2O2. The third-order valence-corrected chi connectivity index (χ3v) is 3.63. The lowest BCUT2D eigenvalue weighted by Crippen LogP contribution is -2.32. The van der Waals surface area contributed by atoms with E-state index in [1.165, 1.54) is 6.42 Å². The lowest BCUT2D eigenvalue weighted by Gasteiger charge is -2.22. The van der Waals surface area contributed by atoms with Gasteiger partial charge in [0.2, 0.25) is 5.91 Å². The summed E-state index contributed by atoms with van der Waals surface area (Å²) >= 11 is 0. The van der Waals surface area contributed by atoms with E-state index >= 15 is 0 Å². The van der Waals surface area contributed by atoms with E-state index in [1.807, 2.05) is 31.2 Å². The van der Waals surface area contributed by atoms with Crippen LogP contribution < -0.4 is 10.6 Å². The molecule has 1 aromatic carbocycles. The largest absolute Gasteiger partial charge is 0.377 e. The Labute approximate surface area is 120 Å². The van der Waals surface area contributed by atoms with Crippen LogP contribution in [-0.2, 0) is 16.1 Å². The molecule has 0 aliphatic carbocycles. The zero-order valence-electron chi connectivity index (χ0n) is 12.2. The quantitative estimate of drug-likeness (QED) is 0.839. The van der Waals surface area contributed by atoms with Crippen molar-refractivity contribution in [3.05, 3.63) is 29.8 Å². The van der Waals surface area contributed by atoms with E-state index in [4.69, 9.17) is 4.74 Å². The molecule has 1 saturated heterocycles. The third kappa shape index (κ3) is 4.62. The second-order valence-electron chi connectivity index (χ2n) is 5.26. The first-order valence-electron chi connectivity index (χ1n) is 7.45. The summed E-state index contributed by atoms with van der Waals surface area (Å²) in [7, 11) is 0. The summed E-state index contributed by atoms with van der Waals surface area (Å²) in [6.07, 6.45) is 2.90. The van der Waals surface area contributed by atoms with E-state index in [0.29, 0.717) is 25.6 Å². The van der Waals surface area contributed by atoms with Gasteiger partial charge < -0.3 is 15.4 Å². The predicted octanol–water partition coefficient (Wildman–Crippen LogP) is 2.55. The highest BCUT2D eigenvalue weighted by Gasteiger charge is 2.17. The van der Waals surface area contributed by atoms with E-state index in [0.717, 1.165) is 30.8 Å². The van der Waals surface area contributed by atoms with Crippen molar-refractivity contribution in [2.45, 2.75) is 32.8 Å². The number of carbonyl (C=O) groups excluding carboxylic acids is 1. The Bertz CT molecular complexity index is 428. The van der Waals surface area contributed by atoms with Crippen LogP contribution in [-0.4, -0.2) is 25.6 Å². The molecule has 1 atom stereocenters. The Kier molecular flexibility index (Phi) is 6.02. The average molecular weight is 276 g/mol. The van der Waals surface area contributed by atoms with Crippen LogP contribution >= 0.6 is 0 Å². The van der Waals surface area contributed by atoms with Gasteiger partial charge in [-0.25, -0.2) is 0 Å². The molecular weight excluding hydrogens is 252 g/mol. The molecule has 110 valence electrons. The maximum absolute atomic E-state index is 12.1. The maximum Gasteiger partial charge on any atom is 0.224 e. The number of para-hydroxylation sites is 1. The van der Waals surface area contributed by atoms with Crippen LogP contribution in [0.5, 0.6) is 0 Å². The standard InChI is InChI=1S/C16H24N2O2/c1-2-20-12-14-7-3-4-8-15(14)18-16(19)10-13-6-5-9-17-11-13/h3-4,7-8,13,17H,2,5-6,9-12H2,1H3,(H,18,19). The zero-order chi connectivity index (χ0) is 14.2. The number of rotatable bonds is 6. The number of carbonyl (C=O) groups is 1. The first kappa shape index (κ1) is 15.0. The fourth-order valence-electron chi connectivity index (χ4n) is 2.54. The Morgan fingerprint density at radius 3 is 3.05 bits per heavy atom. The van der Waals surface area contributed by atoms with Crippen LogP contribution in [0.2, 0.25) is 0 Å². The highest BCUT2D eigenvalue weighted by Crippen LogP contribution is 2.19. The van der Waals surface area contributed by atoms with Gasteiger partial charge in [0.1, 0.15) is 0 Å². The zero-order valence-corrected chi connectivity index (χ0v) is 12.2. The minimum atomic E-state index is 0.0997. The lowest BCUT2D eigenvalue weighted by atomic mass is 9.96. The number of benzene rings is 1. The van der Waals surface area contributed by atoms with Crippen molar-refractivity contribution in [1.82, 2.24) is 5.32 Å². The van der Waals surface area contributed by atoms with E-state index in [9.17, 15) is 4.79 Å². The monoisotopic (exact) mass is 276 g/mol. The van der Waals surface area contributed by atoms with Gasteiger partial charge in [0.05, 0.1) is 6.61 Å². The van der Waals surface area contributed by atoms with Gasteiger partial charge in [0.25, 0.3) is 0 Å². The summed E-state index contributed by atoms with van der Waals surface area (Å²) < 4.78 is 5.43. The minimum absolute atomic E-state index is 0.0997. The Hall–Kier alpha value is -1.39. The summed E-state index contributed by atoms with van der Waals surface area (Å²) in [5, 5.41) is 6.36. The first-order chi connectivity index (χ1) is 9.79. The minimum Gasteiger partial charge on any atom is -0.377 e. The molecule has 1 unspecified atom stereocenters. The number of amides is 1. The number of hydrogen-bond donors (Lipinski definition) is 2. The number of nitrogens with one attached hydrogen (secondary N) is 2. The highest BCUT2D eigenvalue weighted by atomic mass is 16.5. The molecule has 0 bridgehead atoms. The van der Waals surface area contributed by atoms with E-state index in [1.54, 1.807) is 0 Å². The molecule has 1 amide bonds. The van der Waals surface area contributed by atoms with Gasteiger partial charge >= 0.3 is 0 Å². The van der Waals surface area contributed by atoms with Crippen LogP contribution in [0.3, 0.4) is 0 Å². The van der Waals surface area contributed by atoms with Crippen LogP contribution in [0, 0.1) is 5.92 Å². The molecule has 20 heavy (non-hydrogen) atoms. The molecule has 1 heterocycles. The van der Waals surface area contributed by atoms with Crippen LogP contribution in [0.15, 0.2) is 24.3 Å². The van der Waals surface area contributed by atoms with Crippen molar-refractivity contribution < 1.29 is 9.53 Å². The van der Waals surface area contributed by atoms with Crippen molar-refractivity contribution in [3.63, 3.8) is 0 Å². The third-order valence-electron chi connectivity index (χ3n) is 3.63. The fraction of sp³-hybridized carbons (Fsp3) is 0.562. The maximum atomic E-state index is 12.1. The predicted molar refractivity (Wildman–Crippen MR) is 80.6 cm³/mol. The molecule has 0 radical (unpaired) electrons. The van der Waals surface area contributed by atoms with Crippen LogP contribution in [0.1, 0.15) is 31.7 Å².